The summed E-state index contributed by atoms with van der Waals surface area (Å²) in [5.74, 6) is -0.762. The minimum atomic E-state index is -4.65. The molecule has 1 fully saturated rings. The van der Waals surface area contributed by atoms with Gasteiger partial charge in [-0.05, 0) is 25.0 Å². The number of aromatic nitrogens is 4. The molecular formula is C15H12F3N5OS2. The molecule has 3 aromatic rings. The number of hydrogen-bond donors (Lipinski definition) is 1. The summed E-state index contributed by atoms with van der Waals surface area (Å²) < 4.78 is 43.9. The molecule has 11 heteroatoms. The van der Waals surface area contributed by atoms with Gasteiger partial charge >= 0.3 is 12.1 Å². The van der Waals surface area contributed by atoms with Crippen LogP contribution >= 0.6 is 23.6 Å². The minimum Gasteiger partial charge on any atom is -0.371 e. The van der Waals surface area contributed by atoms with Gasteiger partial charge in [-0.25, -0.2) is 4.98 Å². The molecule has 1 aliphatic rings. The highest BCUT2D eigenvalue weighted by atomic mass is 32.1. The summed E-state index contributed by atoms with van der Waals surface area (Å²) in [6, 6.07) is 3.91. The van der Waals surface area contributed by atoms with Crippen molar-refractivity contribution in [2.75, 3.05) is 0 Å². The van der Waals surface area contributed by atoms with E-state index in [1.807, 2.05) is 16.8 Å². The molecule has 1 aliphatic carbocycles. The van der Waals surface area contributed by atoms with Gasteiger partial charge < -0.3 is 14.4 Å². The fraction of sp³-hybridized carbons (Fsp3) is 0.333. The molecule has 0 aromatic carbocycles. The second-order valence-corrected chi connectivity index (χ2v) is 7.39. The minimum absolute atomic E-state index is 0.0784. The molecule has 0 amide bonds. The van der Waals surface area contributed by atoms with Gasteiger partial charge in [0.2, 0.25) is 5.82 Å². The monoisotopic (exact) mass is 399 g/mol. The van der Waals surface area contributed by atoms with Crippen LogP contribution in [0.3, 0.4) is 0 Å². The average Bonchev–Trinajstić information content (AvgIpc) is 3.01. The summed E-state index contributed by atoms with van der Waals surface area (Å²) in [6.07, 6.45) is 1.05. The molecule has 0 bridgehead atoms. The van der Waals surface area contributed by atoms with Crippen LogP contribution in [-0.4, -0.2) is 30.7 Å². The largest absolute Gasteiger partial charge is 0.471 e. The van der Waals surface area contributed by atoms with Gasteiger partial charge in [-0.1, -0.05) is 17.4 Å². The first kappa shape index (κ1) is 17.2. The van der Waals surface area contributed by atoms with E-state index in [0.717, 1.165) is 17.7 Å². The zero-order valence-corrected chi connectivity index (χ0v) is 14.8. The van der Waals surface area contributed by atoms with Crippen LogP contribution in [0.1, 0.15) is 29.4 Å². The summed E-state index contributed by atoms with van der Waals surface area (Å²) in [6.45, 7) is 0.496. The number of halogens is 3. The van der Waals surface area contributed by atoms with Crippen LogP contribution in [0.4, 0.5) is 13.2 Å². The Kier molecular flexibility index (Phi) is 4.27. The van der Waals surface area contributed by atoms with Gasteiger partial charge in [0.1, 0.15) is 4.99 Å². The highest BCUT2D eigenvalue weighted by Gasteiger charge is 2.38. The van der Waals surface area contributed by atoms with Crippen molar-refractivity contribution in [3.63, 3.8) is 0 Å². The van der Waals surface area contributed by atoms with Crippen molar-refractivity contribution < 1.29 is 17.7 Å². The number of nitrogens with zero attached hydrogens (tertiary/aromatic N) is 4. The Hall–Kier alpha value is -2.27. The van der Waals surface area contributed by atoms with Crippen molar-refractivity contribution in [1.29, 1.82) is 0 Å². The van der Waals surface area contributed by atoms with E-state index >= 15 is 0 Å². The first-order valence-corrected chi connectivity index (χ1v) is 8.94. The molecule has 1 N–H and O–H groups in total. The Morgan fingerprint density at radius 2 is 2.19 bits per heavy atom. The number of alkyl halides is 3. The average molecular weight is 399 g/mol. The highest BCUT2D eigenvalue weighted by Crippen LogP contribution is 2.32. The molecule has 0 unspecified atom stereocenters. The van der Waals surface area contributed by atoms with Crippen molar-refractivity contribution in [1.82, 2.24) is 25.0 Å². The van der Waals surface area contributed by atoms with Gasteiger partial charge in [0.15, 0.2) is 5.82 Å². The second kappa shape index (κ2) is 6.47. The lowest BCUT2D eigenvalue weighted by Crippen LogP contribution is -2.27. The van der Waals surface area contributed by atoms with Gasteiger partial charge in [-0.15, -0.1) is 11.3 Å². The van der Waals surface area contributed by atoms with Crippen LogP contribution in [0.15, 0.2) is 29.0 Å². The number of imidazole rings is 1. The van der Waals surface area contributed by atoms with Crippen molar-refractivity contribution in [3.8, 4) is 10.7 Å². The van der Waals surface area contributed by atoms with Crippen LogP contribution in [-0.2, 0) is 12.7 Å². The summed E-state index contributed by atoms with van der Waals surface area (Å²) in [5, 5.41) is 6.65. The van der Waals surface area contributed by atoms with Crippen molar-refractivity contribution in [3.05, 3.63) is 41.1 Å². The predicted octanol–water partition coefficient (Wildman–Crippen LogP) is 3.49. The lowest BCUT2D eigenvalue weighted by atomic mass is 10.4. The first-order valence-electron chi connectivity index (χ1n) is 7.72. The van der Waals surface area contributed by atoms with Crippen molar-refractivity contribution >= 4 is 28.5 Å². The molecule has 0 spiro atoms. The van der Waals surface area contributed by atoms with E-state index in [9.17, 15) is 13.2 Å². The Balaban J connectivity index is 1.50. The highest BCUT2D eigenvalue weighted by molar-refractivity contribution is 7.80. The summed E-state index contributed by atoms with van der Waals surface area (Å²) in [4.78, 5) is 9.70. The van der Waals surface area contributed by atoms with Crippen LogP contribution in [0.2, 0.25) is 0 Å². The maximum Gasteiger partial charge on any atom is 0.471 e. The SMILES string of the molecule is FC(F)(F)c1nc(-c2ccc(Cn3ccnc3C(=S)NC3CC3)s2)no1. The molecule has 26 heavy (non-hydrogen) atoms. The molecule has 3 heterocycles. The Labute approximate surface area is 155 Å². The van der Waals surface area contributed by atoms with E-state index in [0.29, 0.717) is 28.3 Å². The third kappa shape index (κ3) is 3.63. The Morgan fingerprint density at radius 3 is 2.88 bits per heavy atom. The molecule has 0 radical (unpaired) electrons. The third-order valence-electron chi connectivity index (χ3n) is 3.71. The van der Waals surface area contributed by atoms with Crippen molar-refractivity contribution in [2.45, 2.75) is 31.6 Å². The molecule has 0 atom stereocenters. The topological polar surface area (TPSA) is 68.8 Å². The number of thiophene rings is 1. The quantitative estimate of drug-likeness (QED) is 0.663. The standard InChI is InChI=1S/C15H12F3N5OS2/c16-15(17,18)14-21-11(22-24-14)10-4-3-9(26-10)7-23-6-5-19-12(23)13(25)20-8-1-2-8/h3-6,8H,1-2,7H2,(H,20,25). The van der Waals surface area contributed by atoms with Crippen LogP contribution < -0.4 is 5.32 Å². The van der Waals surface area contributed by atoms with Crippen LogP contribution in [0.5, 0.6) is 0 Å². The summed E-state index contributed by atoms with van der Waals surface area (Å²) in [7, 11) is 0. The fourth-order valence-corrected chi connectivity index (χ4v) is 3.58. The third-order valence-corrected chi connectivity index (χ3v) is 5.07. The van der Waals surface area contributed by atoms with Gasteiger partial charge in [0, 0.05) is 23.3 Å². The smallest absolute Gasteiger partial charge is 0.371 e. The first-order chi connectivity index (χ1) is 12.4. The van der Waals surface area contributed by atoms with E-state index in [4.69, 9.17) is 12.2 Å². The fourth-order valence-electron chi connectivity index (χ4n) is 2.31. The Bertz CT molecular complexity index is 941. The van der Waals surface area contributed by atoms with E-state index in [1.165, 1.54) is 11.3 Å². The molecular weight excluding hydrogens is 387 g/mol. The van der Waals surface area contributed by atoms with Gasteiger partial charge in [0.25, 0.3) is 0 Å². The van der Waals surface area contributed by atoms with Crippen LogP contribution in [0.25, 0.3) is 10.7 Å². The lowest BCUT2D eigenvalue weighted by Gasteiger charge is -2.09. The number of thiocarbonyl (C=S) groups is 1. The zero-order valence-electron chi connectivity index (χ0n) is 13.2. The molecule has 4 rings (SSSR count). The summed E-state index contributed by atoms with van der Waals surface area (Å²) in [5.41, 5.74) is 0. The molecule has 3 aromatic heterocycles. The maximum atomic E-state index is 12.6. The molecule has 0 aliphatic heterocycles. The molecule has 136 valence electrons. The lowest BCUT2D eigenvalue weighted by molar-refractivity contribution is -0.159. The second-order valence-electron chi connectivity index (χ2n) is 5.81. The number of hydrogen-bond acceptors (Lipinski definition) is 6. The van der Waals surface area contributed by atoms with Crippen LogP contribution in [0, 0.1) is 0 Å². The predicted molar refractivity (Wildman–Crippen MR) is 91.8 cm³/mol. The van der Waals surface area contributed by atoms with Gasteiger partial charge in [-0.3, -0.25) is 0 Å². The molecule has 0 saturated heterocycles. The maximum absolute atomic E-state index is 12.6. The normalized spacial score (nSPS) is 14.6. The Morgan fingerprint density at radius 1 is 1.38 bits per heavy atom. The van der Waals surface area contributed by atoms with E-state index in [2.05, 4.69) is 25.0 Å². The van der Waals surface area contributed by atoms with E-state index < -0.39 is 12.1 Å². The van der Waals surface area contributed by atoms with E-state index in [-0.39, 0.29) is 5.82 Å². The zero-order chi connectivity index (χ0) is 18.3. The number of rotatable bonds is 5. The number of nitrogens with one attached hydrogen (secondary N) is 1. The molecule has 1 saturated carbocycles. The van der Waals surface area contributed by atoms with Gasteiger partial charge in [-0.2, -0.15) is 18.2 Å². The van der Waals surface area contributed by atoms with Crippen molar-refractivity contribution in [2.24, 2.45) is 0 Å². The van der Waals surface area contributed by atoms with E-state index in [1.54, 1.807) is 12.3 Å². The van der Waals surface area contributed by atoms with Gasteiger partial charge in [0.05, 0.1) is 11.4 Å². The summed E-state index contributed by atoms with van der Waals surface area (Å²) >= 11 is 6.67. The molecule has 6 nitrogen and oxygen atoms in total.